The number of ether oxygens (including phenoxy) is 3. The molecule has 2 amide bonds. The van der Waals surface area contributed by atoms with E-state index in [0.29, 0.717) is 5.39 Å². The molecule has 1 unspecified atom stereocenters. The average molecular weight is 434 g/mol. The van der Waals surface area contributed by atoms with Crippen molar-refractivity contribution < 1.29 is 33.3 Å². The Kier molecular flexibility index (Phi) is 6.23. The number of hydrogen-bond acceptors (Lipinski definition) is 8. The number of anilines is 1. The van der Waals surface area contributed by atoms with Crippen LogP contribution in [-0.2, 0) is 14.3 Å². The second-order valence-corrected chi connectivity index (χ2v) is 7.94. The standard InChI is InChI=1S/C21H26N2O8/c1-10-17(30-20(27)22-5)16(25)19(31-21(10,3)4)28-13-7-6-12-8-14(23-11(2)24)18(26)29-15(12)9-13/h6-10,16-17,19,25H,1-5H3,(H,22,27)(H,23,24)/t10-,16+,17+,19?/m1/s1. The SMILES string of the molecule is CNC(=O)O[C@@H]1[C@H](O)C(Oc2ccc3cc(NC(C)=O)c(=O)oc3c2)OC(C)(C)[C@@H]1C. The molecule has 0 radical (unpaired) electrons. The Morgan fingerprint density at radius 2 is 1.94 bits per heavy atom. The number of fused-ring (bicyclic) bond motifs is 1. The van der Waals surface area contributed by atoms with Gasteiger partial charge in [0.1, 0.15) is 23.1 Å². The van der Waals surface area contributed by atoms with E-state index < -0.39 is 35.8 Å². The lowest BCUT2D eigenvalue weighted by Gasteiger charge is -2.47. The topological polar surface area (TPSA) is 136 Å². The summed E-state index contributed by atoms with van der Waals surface area (Å²) in [5.41, 5.74) is -1.21. The molecule has 1 aliphatic heterocycles. The Bertz CT molecular complexity index is 1050. The van der Waals surface area contributed by atoms with Gasteiger partial charge in [-0.05, 0) is 32.0 Å². The summed E-state index contributed by atoms with van der Waals surface area (Å²) in [6, 6.07) is 6.22. The van der Waals surface area contributed by atoms with Crippen molar-refractivity contribution in [1.82, 2.24) is 5.32 Å². The minimum absolute atomic E-state index is 0.0321. The van der Waals surface area contributed by atoms with Crippen LogP contribution >= 0.6 is 0 Å². The highest BCUT2D eigenvalue weighted by molar-refractivity contribution is 5.91. The maximum Gasteiger partial charge on any atom is 0.407 e. The fraction of sp³-hybridized carbons (Fsp3) is 0.476. The first-order chi connectivity index (χ1) is 14.5. The summed E-state index contributed by atoms with van der Waals surface area (Å²) in [5, 5.41) is 16.1. The molecular weight excluding hydrogens is 408 g/mol. The van der Waals surface area contributed by atoms with Gasteiger partial charge in [0, 0.05) is 31.3 Å². The van der Waals surface area contributed by atoms with E-state index in [1.165, 1.54) is 26.1 Å². The third-order valence-corrected chi connectivity index (χ3v) is 5.34. The van der Waals surface area contributed by atoms with Gasteiger partial charge in [0.2, 0.25) is 12.2 Å². The maximum atomic E-state index is 12.1. The molecule has 4 atom stereocenters. The van der Waals surface area contributed by atoms with Gasteiger partial charge in [-0.15, -0.1) is 0 Å². The molecule has 168 valence electrons. The van der Waals surface area contributed by atoms with Crippen molar-refractivity contribution in [2.24, 2.45) is 5.92 Å². The molecular formula is C21H26N2O8. The Hall–Kier alpha value is -3.11. The van der Waals surface area contributed by atoms with E-state index >= 15 is 0 Å². The van der Waals surface area contributed by atoms with Crippen molar-refractivity contribution in [2.45, 2.75) is 51.8 Å². The van der Waals surface area contributed by atoms with Crippen molar-refractivity contribution in [1.29, 1.82) is 0 Å². The fourth-order valence-corrected chi connectivity index (χ4v) is 3.35. The van der Waals surface area contributed by atoms with Crippen LogP contribution in [0.1, 0.15) is 27.7 Å². The van der Waals surface area contributed by atoms with Gasteiger partial charge in [-0.25, -0.2) is 9.59 Å². The smallest absolute Gasteiger partial charge is 0.407 e. The number of alkyl carbamates (subject to hydrolysis) is 1. The molecule has 1 saturated heterocycles. The Morgan fingerprint density at radius 3 is 2.58 bits per heavy atom. The van der Waals surface area contributed by atoms with E-state index in [2.05, 4.69) is 10.6 Å². The summed E-state index contributed by atoms with van der Waals surface area (Å²) in [5.74, 6) is -0.432. The van der Waals surface area contributed by atoms with Crippen molar-refractivity contribution in [3.05, 3.63) is 34.7 Å². The second kappa shape index (κ2) is 8.56. The molecule has 3 rings (SSSR count). The summed E-state index contributed by atoms with van der Waals surface area (Å²) < 4.78 is 22.4. The van der Waals surface area contributed by atoms with Gasteiger partial charge in [-0.3, -0.25) is 4.79 Å². The van der Waals surface area contributed by atoms with Crippen LogP contribution in [0.25, 0.3) is 11.0 Å². The summed E-state index contributed by atoms with van der Waals surface area (Å²) >= 11 is 0. The summed E-state index contributed by atoms with van der Waals surface area (Å²) in [6.45, 7) is 6.72. The van der Waals surface area contributed by atoms with Gasteiger partial charge in [-0.1, -0.05) is 6.92 Å². The van der Waals surface area contributed by atoms with E-state index in [1.807, 2.05) is 20.8 Å². The minimum atomic E-state index is -1.26. The Balaban J connectivity index is 1.86. The summed E-state index contributed by atoms with van der Waals surface area (Å²) in [6.07, 6.45) is -3.93. The van der Waals surface area contributed by atoms with Crippen LogP contribution in [-0.4, -0.2) is 48.3 Å². The van der Waals surface area contributed by atoms with Crippen molar-refractivity contribution in [3.63, 3.8) is 0 Å². The molecule has 0 bridgehead atoms. The predicted octanol–water partition coefficient (Wildman–Crippen LogP) is 1.99. The van der Waals surface area contributed by atoms with E-state index in [-0.39, 0.29) is 28.8 Å². The zero-order valence-corrected chi connectivity index (χ0v) is 17.9. The lowest BCUT2D eigenvalue weighted by molar-refractivity contribution is -0.284. The molecule has 10 nitrogen and oxygen atoms in total. The predicted molar refractivity (Wildman–Crippen MR) is 111 cm³/mol. The van der Waals surface area contributed by atoms with Crippen LogP contribution in [0.5, 0.6) is 5.75 Å². The van der Waals surface area contributed by atoms with Crippen molar-refractivity contribution in [2.75, 3.05) is 12.4 Å². The number of nitrogens with one attached hydrogen (secondary N) is 2. The Morgan fingerprint density at radius 1 is 1.23 bits per heavy atom. The number of aliphatic hydroxyl groups excluding tert-OH is 1. The van der Waals surface area contributed by atoms with E-state index in [9.17, 15) is 19.5 Å². The first kappa shape index (κ1) is 22.6. The number of carbonyl (C=O) groups is 2. The second-order valence-electron chi connectivity index (χ2n) is 7.94. The van der Waals surface area contributed by atoms with Gasteiger partial charge in [0.25, 0.3) is 0 Å². The largest absolute Gasteiger partial charge is 0.462 e. The van der Waals surface area contributed by atoms with E-state index in [4.69, 9.17) is 18.6 Å². The van der Waals surface area contributed by atoms with Crippen LogP contribution in [0.3, 0.4) is 0 Å². The Labute approximate surface area is 178 Å². The highest BCUT2D eigenvalue weighted by Crippen LogP contribution is 2.37. The lowest BCUT2D eigenvalue weighted by atomic mass is 9.82. The molecule has 0 spiro atoms. The zero-order valence-electron chi connectivity index (χ0n) is 17.9. The molecule has 3 N–H and O–H groups in total. The van der Waals surface area contributed by atoms with Crippen LogP contribution in [0.2, 0.25) is 0 Å². The van der Waals surface area contributed by atoms with Gasteiger partial charge >= 0.3 is 11.7 Å². The van der Waals surface area contributed by atoms with Gasteiger partial charge < -0.3 is 34.4 Å². The normalized spacial score (nSPS) is 25.0. The number of rotatable bonds is 4. The molecule has 1 aromatic carbocycles. The zero-order chi connectivity index (χ0) is 22.9. The van der Waals surface area contributed by atoms with Crippen molar-refractivity contribution in [3.8, 4) is 5.75 Å². The first-order valence-electron chi connectivity index (χ1n) is 9.78. The highest BCUT2D eigenvalue weighted by Gasteiger charge is 2.50. The lowest BCUT2D eigenvalue weighted by Crippen LogP contribution is -2.61. The maximum absolute atomic E-state index is 12.1. The molecule has 1 fully saturated rings. The average Bonchev–Trinajstić information content (AvgIpc) is 2.69. The third-order valence-electron chi connectivity index (χ3n) is 5.34. The quantitative estimate of drug-likeness (QED) is 0.622. The van der Waals surface area contributed by atoms with Crippen LogP contribution in [0.15, 0.2) is 33.5 Å². The van der Waals surface area contributed by atoms with Gasteiger partial charge in [0.15, 0.2) is 6.10 Å². The first-order valence-corrected chi connectivity index (χ1v) is 9.78. The van der Waals surface area contributed by atoms with E-state index in [1.54, 1.807) is 12.1 Å². The van der Waals surface area contributed by atoms with Gasteiger partial charge in [0.05, 0.1) is 5.60 Å². The number of amides is 2. The van der Waals surface area contributed by atoms with Gasteiger partial charge in [-0.2, -0.15) is 0 Å². The molecule has 31 heavy (non-hydrogen) atoms. The summed E-state index contributed by atoms with van der Waals surface area (Å²) in [7, 11) is 1.43. The molecule has 1 aliphatic rings. The minimum Gasteiger partial charge on any atom is -0.462 e. The fourth-order valence-electron chi connectivity index (χ4n) is 3.35. The molecule has 2 heterocycles. The number of hydrogen-bond donors (Lipinski definition) is 3. The van der Waals surface area contributed by atoms with E-state index in [0.717, 1.165) is 0 Å². The molecule has 0 aliphatic carbocycles. The molecule has 0 saturated carbocycles. The number of aliphatic hydroxyl groups is 1. The molecule has 1 aromatic heterocycles. The van der Waals surface area contributed by atoms with Crippen LogP contribution in [0.4, 0.5) is 10.5 Å². The molecule has 10 heteroatoms. The monoisotopic (exact) mass is 434 g/mol. The summed E-state index contributed by atoms with van der Waals surface area (Å²) in [4.78, 5) is 35.0. The number of carbonyl (C=O) groups excluding carboxylic acids is 2. The van der Waals surface area contributed by atoms with Crippen molar-refractivity contribution >= 4 is 28.7 Å². The van der Waals surface area contributed by atoms with Crippen LogP contribution in [0, 0.1) is 5.92 Å². The third kappa shape index (κ3) is 4.80. The molecule has 2 aromatic rings. The van der Waals surface area contributed by atoms with Crippen LogP contribution < -0.4 is 21.0 Å². The number of benzene rings is 1. The highest BCUT2D eigenvalue weighted by atomic mass is 16.7.